The summed E-state index contributed by atoms with van der Waals surface area (Å²) in [6.45, 7) is 1.18. The molecule has 1 saturated heterocycles. The van der Waals surface area contributed by atoms with Crippen LogP contribution in [0.25, 0.3) is 0 Å². The van der Waals surface area contributed by atoms with Crippen molar-refractivity contribution in [3.63, 3.8) is 0 Å². The summed E-state index contributed by atoms with van der Waals surface area (Å²) < 4.78 is 24.3. The maximum atomic E-state index is 6.43. The topological polar surface area (TPSA) is 36.9 Å². The number of methoxy groups -OCH3 is 1. The predicted molar refractivity (Wildman–Crippen MR) is 98.5 cm³/mol. The second-order valence-corrected chi connectivity index (χ2v) is 7.14. The van der Waals surface area contributed by atoms with E-state index in [2.05, 4.69) is 24.3 Å². The van der Waals surface area contributed by atoms with Crippen LogP contribution in [0.4, 0.5) is 0 Å². The minimum absolute atomic E-state index is 0.0335. The van der Waals surface area contributed by atoms with Crippen LogP contribution in [0.1, 0.15) is 30.4 Å². The monoisotopic (exact) mass is 354 g/mol. The van der Waals surface area contributed by atoms with Crippen LogP contribution in [0.2, 0.25) is 0 Å². The van der Waals surface area contributed by atoms with Crippen molar-refractivity contribution in [3.05, 3.63) is 71.8 Å². The van der Waals surface area contributed by atoms with E-state index in [0.29, 0.717) is 13.2 Å². The maximum Gasteiger partial charge on any atom is 0.160 e. The van der Waals surface area contributed by atoms with Gasteiger partial charge in [-0.3, -0.25) is 0 Å². The zero-order valence-electron chi connectivity index (χ0n) is 15.2. The van der Waals surface area contributed by atoms with Gasteiger partial charge in [0.2, 0.25) is 0 Å². The first-order chi connectivity index (χ1) is 12.8. The van der Waals surface area contributed by atoms with Crippen molar-refractivity contribution in [1.29, 1.82) is 0 Å². The Bertz CT molecular complexity index is 690. The van der Waals surface area contributed by atoms with Gasteiger partial charge in [0.1, 0.15) is 11.7 Å². The van der Waals surface area contributed by atoms with Crippen molar-refractivity contribution in [2.45, 2.75) is 56.6 Å². The van der Waals surface area contributed by atoms with Gasteiger partial charge >= 0.3 is 0 Å². The third kappa shape index (κ3) is 3.69. The summed E-state index contributed by atoms with van der Waals surface area (Å²) in [4.78, 5) is 0. The molecule has 0 unspecified atom stereocenters. The van der Waals surface area contributed by atoms with Crippen molar-refractivity contribution in [2.24, 2.45) is 0 Å². The lowest BCUT2D eigenvalue weighted by Crippen LogP contribution is -2.41. The number of rotatable bonds is 7. The van der Waals surface area contributed by atoms with E-state index in [1.807, 2.05) is 36.4 Å². The molecule has 1 heterocycles. The van der Waals surface area contributed by atoms with Gasteiger partial charge in [-0.05, 0) is 24.0 Å². The molecule has 0 bridgehead atoms. The summed E-state index contributed by atoms with van der Waals surface area (Å²) in [6, 6.07) is 20.5. The molecule has 2 aromatic carbocycles. The van der Waals surface area contributed by atoms with Gasteiger partial charge in [0.05, 0.1) is 19.3 Å². The van der Waals surface area contributed by atoms with Crippen LogP contribution in [-0.4, -0.2) is 31.2 Å². The number of fused-ring (bicyclic) bond motifs is 1. The highest BCUT2D eigenvalue weighted by molar-refractivity contribution is 5.15. The van der Waals surface area contributed by atoms with E-state index in [0.717, 1.165) is 19.3 Å². The van der Waals surface area contributed by atoms with Crippen molar-refractivity contribution in [2.75, 3.05) is 7.11 Å². The Hall–Kier alpha value is -1.72. The van der Waals surface area contributed by atoms with Crippen LogP contribution in [0.5, 0.6) is 0 Å². The molecule has 1 aliphatic heterocycles. The third-order valence-corrected chi connectivity index (χ3v) is 5.46. The Morgan fingerprint density at radius 2 is 1.62 bits per heavy atom. The van der Waals surface area contributed by atoms with Gasteiger partial charge in [-0.25, -0.2) is 0 Å². The summed E-state index contributed by atoms with van der Waals surface area (Å²) in [5, 5.41) is 0. The molecule has 0 N–H and O–H groups in total. The van der Waals surface area contributed by atoms with Gasteiger partial charge in [0.25, 0.3) is 0 Å². The SMILES string of the molecule is CO[C@H]1C[C@@]2(OCc3ccccc3)CC[C@@H](OCc3ccccc3)[C@H]2O1. The van der Waals surface area contributed by atoms with Crippen LogP contribution in [0, 0.1) is 0 Å². The fourth-order valence-corrected chi connectivity index (χ4v) is 4.04. The number of hydrogen-bond donors (Lipinski definition) is 0. The fourth-order valence-electron chi connectivity index (χ4n) is 4.04. The maximum absolute atomic E-state index is 6.43. The number of ether oxygens (including phenoxy) is 4. The molecule has 1 saturated carbocycles. The van der Waals surface area contributed by atoms with Gasteiger partial charge in [-0.1, -0.05) is 60.7 Å². The molecule has 4 heteroatoms. The first-order valence-electron chi connectivity index (χ1n) is 9.31. The standard InChI is InChI=1S/C22H26O4/c1-23-20-14-22(25-16-18-10-6-3-7-11-18)13-12-19(21(22)26-20)24-15-17-8-4-2-5-9-17/h2-11,19-21H,12-16H2,1H3/t19-,20-,21-,22+/m1/s1. The highest BCUT2D eigenvalue weighted by atomic mass is 16.7. The molecule has 2 aromatic rings. The van der Waals surface area contributed by atoms with E-state index in [4.69, 9.17) is 18.9 Å². The average molecular weight is 354 g/mol. The Balaban J connectivity index is 1.43. The van der Waals surface area contributed by atoms with Gasteiger partial charge in [0, 0.05) is 13.5 Å². The number of benzene rings is 2. The molecule has 2 fully saturated rings. The van der Waals surface area contributed by atoms with Gasteiger partial charge in [-0.15, -0.1) is 0 Å². The Morgan fingerprint density at radius 1 is 0.962 bits per heavy atom. The molecule has 0 aromatic heterocycles. The van der Waals surface area contributed by atoms with Crippen LogP contribution in [0.3, 0.4) is 0 Å². The molecule has 4 rings (SSSR count). The van der Waals surface area contributed by atoms with E-state index in [-0.39, 0.29) is 24.1 Å². The van der Waals surface area contributed by atoms with Crippen molar-refractivity contribution >= 4 is 0 Å². The molecular weight excluding hydrogens is 328 g/mol. The van der Waals surface area contributed by atoms with E-state index in [1.165, 1.54) is 11.1 Å². The van der Waals surface area contributed by atoms with E-state index in [9.17, 15) is 0 Å². The van der Waals surface area contributed by atoms with Gasteiger partial charge in [-0.2, -0.15) is 0 Å². The first kappa shape index (κ1) is 17.7. The molecule has 4 nitrogen and oxygen atoms in total. The quantitative estimate of drug-likeness (QED) is 0.751. The molecule has 0 radical (unpaired) electrons. The largest absolute Gasteiger partial charge is 0.371 e. The summed E-state index contributed by atoms with van der Waals surface area (Å²) in [6.07, 6.45) is 2.36. The second kappa shape index (κ2) is 7.89. The number of hydrogen-bond acceptors (Lipinski definition) is 4. The molecule has 0 spiro atoms. The predicted octanol–water partition coefficient (Wildman–Crippen LogP) is 4.08. The van der Waals surface area contributed by atoms with Crippen molar-refractivity contribution in [3.8, 4) is 0 Å². The molecule has 0 amide bonds. The Labute approximate surface area is 155 Å². The fraction of sp³-hybridized carbons (Fsp3) is 0.455. The zero-order valence-corrected chi connectivity index (χ0v) is 15.2. The normalized spacial score (nSPS) is 30.4. The van der Waals surface area contributed by atoms with Gasteiger partial charge in [0.15, 0.2) is 6.29 Å². The first-order valence-corrected chi connectivity index (χ1v) is 9.31. The van der Waals surface area contributed by atoms with Crippen molar-refractivity contribution < 1.29 is 18.9 Å². The third-order valence-electron chi connectivity index (χ3n) is 5.46. The van der Waals surface area contributed by atoms with E-state index < -0.39 is 0 Å². The summed E-state index contributed by atoms with van der Waals surface area (Å²) >= 11 is 0. The molecule has 138 valence electrons. The summed E-state index contributed by atoms with van der Waals surface area (Å²) in [7, 11) is 1.69. The smallest absolute Gasteiger partial charge is 0.160 e. The summed E-state index contributed by atoms with van der Waals surface area (Å²) in [5.41, 5.74) is 2.03. The minimum atomic E-state index is -0.322. The lowest BCUT2D eigenvalue weighted by molar-refractivity contribution is -0.161. The van der Waals surface area contributed by atoms with Crippen LogP contribution >= 0.6 is 0 Å². The zero-order chi connectivity index (χ0) is 17.8. The van der Waals surface area contributed by atoms with E-state index in [1.54, 1.807) is 7.11 Å². The average Bonchev–Trinajstić information content (AvgIpc) is 3.22. The molecule has 4 atom stereocenters. The van der Waals surface area contributed by atoms with E-state index >= 15 is 0 Å². The van der Waals surface area contributed by atoms with Gasteiger partial charge < -0.3 is 18.9 Å². The molecule has 1 aliphatic carbocycles. The second-order valence-electron chi connectivity index (χ2n) is 7.14. The minimum Gasteiger partial charge on any atom is -0.371 e. The van der Waals surface area contributed by atoms with Crippen LogP contribution in [0.15, 0.2) is 60.7 Å². The van der Waals surface area contributed by atoms with Crippen LogP contribution < -0.4 is 0 Å². The highest BCUT2D eigenvalue weighted by Crippen LogP contribution is 2.47. The lowest BCUT2D eigenvalue weighted by atomic mass is 9.97. The summed E-state index contributed by atoms with van der Waals surface area (Å²) in [5.74, 6) is 0. The molecular formula is C22H26O4. The van der Waals surface area contributed by atoms with Crippen LogP contribution in [-0.2, 0) is 32.2 Å². The highest BCUT2D eigenvalue weighted by Gasteiger charge is 2.57. The lowest BCUT2D eigenvalue weighted by Gasteiger charge is -2.29. The van der Waals surface area contributed by atoms with Crippen molar-refractivity contribution in [1.82, 2.24) is 0 Å². The molecule has 26 heavy (non-hydrogen) atoms. The Kier molecular flexibility index (Phi) is 5.36. The molecule has 2 aliphatic rings. The Morgan fingerprint density at radius 3 is 2.27 bits per heavy atom.